The minimum absolute atomic E-state index is 0.0684. The van der Waals surface area contributed by atoms with Crippen LogP contribution in [-0.2, 0) is 7.05 Å². The molecule has 0 aliphatic rings. The number of aromatic nitrogens is 6. The average molecular weight is 407 g/mol. The molecule has 4 heterocycles. The Morgan fingerprint density at radius 2 is 2.03 bits per heavy atom. The van der Waals surface area contributed by atoms with Gasteiger partial charge in [0.15, 0.2) is 6.10 Å². The van der Waals surface area contributed by atoms with Gasteiger partial charge in [0.05, 0.1) is 11.8 Å². The molecule has 0 spiro atoms. The number of fused-ring (bicyclic) bond motifs is 1. The number of pyridine rings is 1. The predicted octanol–water partition coefficient (Wildman–Crippen LogP) is 3.75. The maximum atomic E-state index is 10.6. The third kappa shape index (κ3) is 3.08. The number of halogens is 1. The first kappa shape index (κ1) is 17.6. The lowest BCUT2D eigenvalue weighted by Gasteiger charge is -2.07. The zero-order valence-corrected chi connectivity index (χ0v) is 16.0. The minimum Gasteiger partial charge on any atom is -0.417 e. The van der Waals surface area contributed by atoms with Gasteiger partial charge in [0.1, 0.15) is 5.65 Å². The highest BCUT2D eigenvalue weighted by Gasteiger charge is 2.22. The summed E-state index contributed by atoms with van der Waals surface area (Å²) in [6, 6.07) is 8.97. The number of benzene rings is 1. The van der Waals surface area contributed by atoms with Crippen molar-refractivity contribution < 1.29 is 9.52 Å². The summed E-state index contributed by atoms with van der Waals surface area (Å²) in [6.45, 7) is 0. The number of aliphatic hydroxyl groups is 1. The second-order valence-corrected chi connectivity index (χ2v) is 7.00. The van der Waals surface area contributed by atoms with Gasteiger partial charge in [-0.1, -0.05) is 29.8 Å². The third-order valence-electron chi connectivity index (χ3n) is 4.67. The Labute approximate surface area is 169 Å². The maximum absolute atomic E-state index is 10.6. The van der Waals surface area contributed by atoms with Crippen molar-refractivity contribution in [2.24, 2.45) is 7.05 Å². The first-order chi connectivity index (χ1) is 14.1. The molecule has 2 N–H and O–H groups in total. The smallest absolute Gasteiger partial charge is 0.250 e. The molecule has 0 bridgehead atoms. The number of aromatic amines is 1. The quantitative estimate of drug-likeness (QED) is 0.471. The molecule has 0 fully saturated rings. The van der Waals surface area contributed by atoms with Crippen LogP contribution in [0.1, 0.15) is 17.6 Å². The number of nitrogens with zero attached hydrogens (tertiary/aromatic N) is 5. The number of aliphatic hydroxyl groups excluding tert-OH is 1. The number of H-pyrrole nitrogens is 1. The summed E-state index contributed by atoms with van der Waals surface area (Å²) in [4.78, 5) is 7.57. The maximum Gasteiger partial charge on any atom is 0.250 e. The second kappa shape index (κ2) is 6.84. The highest BCUT2D eigenvalue weighted by molar-refractivity contribution is 6.31. The van der Waals surface area contributed by atoms with E-state index in [-0.39, 0.29) is 11.8 Å². The molecule has 0 aliphatic heterocycles. The molecule has 4 aromatic heterocycles. The normalized spacial score (nSPS) is 12.5. The highest BCUT2D eigenvalue weighted by atomic mass is 35.5. The van der Waals surface area contributed by atoms with E-state index >= 15 is 0 Å². The van der Waals surface area contributed by atoms with Crippen LogP contribution in [-0.4, -0.2) is 35.1 Å². The van der Waals surface area contributed by atoms with Crippen LogP contribution in [0.5, 0.6) is 0 Å². The van der Waals surface area contributed by atoms with E-state index in [9.17, 15) is 5.11 Å². The Morgan fingerprint density at radius 1 is 1.17 bits per heavy atom. The van der Waals surface area contributed by atoms with E-state index in [0.717, 1.165) is 16.5 Å². The molecule has 0 aliphatic carbocycles. The lowest BCUT2D eigenvalue weighted by molar-refractivity contribution is 0.183. The Kier molecular flexibility index (Phi) is 4.15. The van der Waals surface area contributed by atoms with Gasteiger partial charge in [0, 0.05) is 52.7 Å². The van der Waals surface area contributed by atoms with E-state index in [0.29, 0.717) is 21.8 Å². The molecule has 1 aromatic carbocycles. The Hall–Kier alpha value is -3.49. The fraction of sp³-hybridized carbons (Fsp3) is 0.100. The number of rotatable bonds is 4. The molecule has 8 nitrogen and oxygen atoms in total. The van der Waals surface area contributed by atoms with E-state index in [1.165, 1.54) is 0 Å². The third-order valence-corrected chi connectivity index (χ3v) is 5.02. The minimum atomic E-state index is -1.11. The monoisotopic (exact) mass is 406 g/mol. The fourth-order valence-electron chi connectivity index (χ4n) is 3.19. The summed E-state index contributed by atoms with van der Waals surface area (Å²) in [5, 5.41) is 24.2. The summed E-state index contributed by atoms with van der Waals surface area (Å²) in [6.07, 6.45) is 6.11. The number of nitrogens with one attached hydrogen (secondary N) is 1. The molecule has 0 saturated carbocycles. The zero-order chi connectivity index (χ0) is 20.0. The largest absolute Gasteiger partial charge is 0.417 e. The Balaban J connectivity index is 1.54. The van der Waals surface area contributed by atoms with Crippen LogP contribution in [0.15, 0.2) is 59.5 Å². The first-order valence-corrected chi connectivity index (χ1v) is 9.20. The van der Waals surface area contributed by atoms with Crippen LogP contribution in [0.2, 0.25) is 5.02 Å². The fourth-order valence-corrected chi connectivity index (χ4v) is 3.43. The zero-order valence-electron chi connectivity index (χ0n) is 15.2. The van der Waals surface area contributed by atoms with Crippen molar-refractivity contribution in [3.63, 3.8) is 0 Å². The molecule has 1 unspecified atom stereocenters. The summed E-state index contributed by atoms with van der Waals surface area (Å²) < 4.78 is 7.50. The van der Waals surface area contributed by atoms with Crippen LogP contribution in [0, 0.1) is 0 Å². The Morgan fingerprint density at radius 3 is 2.83 bits per heavy atom. The predicted molar refractivity (Wildman–Crippen MR) is 107 cm³/mol. The summed E-state index contributed by atoms with van der Waals surface area (Å²) in [7, 11) is 1.86. The van der Waals surface area contributed by atoms with Gasteiger partial charge in [-0.15, -0.1) is 10.2 Å². The standard InChI is InChI=1S/C20H15ClN6O2/c1-27-10-12(8-24-27)11-6-14-15(9-23-18(14)22-7-11)19-25-26-20(29-19)17(28)13-4-2-3-5-16(13)21/h2-10,17,28H,1H3,(H,22,23). The topological polar surface area (TPSA) is 106 Å². The molecule has 144 valence electrons. The van der Waals surface area contributed by atoms with E-state index in [4.69, 9.17) is 16.0 Å². The summed E-state index contributed by atoms with van der Waals surface area (Å²) >= 11 is 6.16. The van der Waals surface area contributed by atoms with Crippen molar-refractivity contribution in [3.05, 3.63) is 71.6 Å². The van der Waals surface area contributed by atoms with Crippen molar-refractivity contribution in [1.82, 2.24) is 29.9 Å². The molecule has 9 heteroatoms. The van der Waals surface area contributed by atoms with Crippen molar-refractivity contribution in [2.75, 3.05) is 0 Å². The van der Waals surface area contributed by atoms with Crippen LogP contribution in [0.25, 0.3) is 33.6 Å². The van der Waals surface area contributed by atoms with Crippen molar-refractivity contribution in [1.29, 1.82) is 0 Å². The van der Waals surface area contributed by atoms with E-state index in [1.807, 2.05) is 19.3 Å². The first-order valence-electron chi connectivity index (χ1n) is 8.82. The van der Waals surface area contributed by atoms with Crippen LogP contribution in [0.3, 0.4) is 0 Å². The van der Waals surface area contributed by atoms with E-state index < -0.39 is 6.10 Å². The van der Waals surface area contributed by atoms with Gasteiger partial charge in [-0.05, 0) is 12.1 Å². The number of hydrogen-bond donors (Lipinski definition) is 2. The molecule has 0 saturated heterocycles. The van der Waals surface area contributed by atoms with Gasteiger partial charge in [-0.3, -0.25) is 4.68 Å². The number of aryl methyl sites for hydroxylation is 1. The van der Waals surface area contributed by atoms with E-state index in [2.05, 4.69) is 25.3 Å². The molecule has 5 aromatic rings. The van der Waals surface area contributed by atoms with Gasteiger partial charge >= 0.3 is 0 Å². The van der Waals surface area contributed by atoms with Crippen molar-refractivity contribution in [3.8, 4) is 22.6 Å². The molecule has 5 rings (SSSR count). The van der Waals surface area contributed by atoms with Crippen LogP contribution < -0.4 is 0 Å². The molecule has 29 heavy (non-hydrogen) atoms. The van der Waals surface area contributed by atoms with Gasteiger partial charge < -0.3 is 14.5 Å². The molecular weight excluding hydrogens is 392 g/mol. The summed E-state index contributed by atoms with van der Waals surface area (Å²) in [5.74, 6) is 0.348. The van der Waals surface area contributed by atoms with Crippen LogP contribution >= 0.6 is 11.6 Å². The van der Waals surface area contributed by atoms with Gasteiger partial charge in [0.2, 0.25) is 11.8 Å². The number of hydrogen-bond acceptors (Lipinski definition) is 6. The molecular formula is C20H15ClN6O2. The Bertz CT molecular complexity index is 1320. The lowest BCUT2D eigenvalue weighted by Crippen LogP contribution is -2.00. The lowest BCUT2D eigenvalue weighted by atomic mass is 10.1. The van der Waals surface area contributed by atoms with Gasteiger partial charge in [-0.2, -0.15) is 5.10 Å². The average Bonchev–Trinajstić information content (AvgIpc) is 3.46. The van der Waals surface area contributed by atoms with Gasteiger partial charge in [0.25, 0.3) is 0 Å². The van der Waals surface area contributed by atoms with Gasteiger partial charge in [-0.25, -0.2) is 4.98 Å². The van der Waals surface area contributed by atoms with Crippen molar-refractivity contribution in [2.45, 2.75) is 6.10 Å². The SMILES string of the molecule is Cn1cc(-c2cnc3[nH]cc(-c4nnc(C(O)c5ccccc5Cl)o4)c3c2)cn1. The van der Waals surface area contributed by atoms with Crippen molar-refractivity contribution >= 4 is 22.6 Å². The summed E-state index contributed by atoms with van der Waals surface area (Å²) in [5.41, 5.74) is 3.77. The van der Waals surface area contributed by atoms with E-state index in [1.54, 1.807) is 47.5 Å². The molecule has 0 radical (unpaired) electrons. The molecule has 0 amide bonds. The van der Waals surface area contributed by atoms with Crippen LogP contribution in [0.4, 0.5) is 0 Å². The molecule has 1 atom stereocenters. The second-order valence-electron chi connectivity index (χ2n) is 6.59. The highest BCUT2D eigenvalue weighted by Crippen LogP contribution is 2.33.